The van der Waals surface area contributed by atoms with Crippen molar-refractivity contribution in [2.24, 2.45) is 0 Å². The van der Waals surface area contributed by atoms with Crippen LogP contribution in [0.25, 0.3) is 16.5 Å². The molecule has 0 aliphatic heterocycles. The predicted octanol–water partition coefficient (Wildman–Crippen LogP) is 5.60. The van der Waals surface area contributed by atoms with Crippen molar-refractivity contribution in [2.75, 3.05) is 7.11 Å². The molecule has 146 valence electrons. The molecule has 0 fully saturated rings. The van der Waals surface area contributed by atoms with Crippen LogP contribution in [0.4, 0.5) is 0 Å². The number of fused-ring (bicyclic) bond motifs is 1. The van der Waals surface area contributed by atoms with Crippen molar-refractivity contribution < 1.29 is 13.2 Å². The van der Waals surface area contributed by atoms with Crippen LogP contribution in [0.3, 0.4) is 0 Å². The molecule has 0 aliphatic rings. The Labute approximate surface area is 174 Å². The molecule has 0 spiro atoms. The zero-order valence-corrected chi connectivity index (χ0v) is 17.2. The fraction of sp³-hybridized carbons (Fsp3) is 0.0435. The van der Waals surface area contributed by atoms with Crippen molar-refractivity contribution in [2.45, 2.75) is 4.90 Å². The Bertz CT molecular complexity index is 1310. The lowest BCUT2D eigenvalue weighted by Crippen LogP contribution is -2.15. The number of hydrogen-bond donors (Lipinski definition) is 0. The molecule has 0 N–H and O–H groups in total. The van der Waals surface area contributed by atoms with Crippen LogP contribution >= 0.6 is 11.6 Å². The Morgan fingerprint density at radius 3 is 2.31 bits per heavy atom. The molecule has 0 bridgehead atoms. The standard InChI is InChI=1S/C23H18ClNO3S/c1-16(17-11-13-18(28-2)14-12-17)23-15-20-21(24)9-6-10-22(20)25(23)29(26,27)19-7-4-3-5-8-19/h3-15H,1H2,2H3. The third-order valence-corrected chi connectivity index (χ3v) is 6.85. The molecule has 4 nitrogen and oxygen atoms in total. The highest BCUT2D eigenvalue weighted by Gasteiger charge is 2.25. The lowest BCUT2D eigenvalue weighted by Gasteiger charge is -2.14. The second kappa shape index (κ2) is 7.43. The van der Waals surface area contributed by atoms with Crippen LogP contribution in [-0.4, -0.2) is 19.5 Å². The van der Waals surface area contributed by atoms with Gasteiger partial charge in [0, 0.05) is 10.4 Å². The molecule has 6 heteroatoms. The van der Waals surface area contributed by atoms with Crippen LogP contribution in [0, 0.1) is 0 Å². The summed E-state index contributed by atoms with van der Waals surface area (Å²) in [5.74, 6) is 0.710. The smallest absolute Gasteiger partial charge is 0.268 e. The Hall–Kier alpha value is -3.02. The molecule has 0 atom stereocenters. The normalized spacial score (nSPS) is 11.5. The van der Waals surface area contributed by atoms with Gasteiger partial charge in [0.2, 0.25) is 0 Å². The molecule has 29 heavy (non-hydrogen) atoms. The van der Waals surface area contributed by atoms with Gasteiger partial charge in [-0.25, -0.2) is 12.4 Å². The van der Waals surface area contributed by atoms with E-state index in [-0.39, 0.29) is 4.90 Å². The molecule has 0 saturated heterocycles. The molecule has 4 aromatic rings. The monoisotopic (exact) mass is 423 g/mol. The van der Waals surface area contributed by atoms with Gasteiger partial charge in [-0.05, 0) is 53.6 Å². The summed E-state index contributed by atoms with van der Waals surface area (Å²) < 4.78 is 33.6. The van der Waals surface area contributed by atoms with E-state index in [2.05, 4.69) is 6.58 Å². The molecule has 4 rings (SSSR count). The van der Waals surface area contributed by atoms with Crippen molar-refractivity contribution >= 4 is 38.1 Å². The minimum atomic E-state index is -3.86. The molecule has 1 aromatic heterocycles. The second-order valence-electron chi connectivity index (χ2n) is 6.49. The lowest BCUT2D eigenvalue weighted by atomic mass is 10.0. The highest BCUT2D eigenvalue weighted by Crippen LogP contribution is 2.35. The number of benzene rings is 3. The summed E-state index contributed by atoms with van der Waals surface area (Å²) in [6.07, 6.45) is 0. The first kappa shape index (κ1) is 19.3. The molecule has 0 unspecified atom stereocenters. The number of ether oxygens (including phenoxy) is 1. The molecule has 0 aliphatic carbocycles. The lowest BCUT2D eigenvalue weighted by molar-refractivity contribution is 0.415. The molecular formula is C23H18ClNO3S. The summed E-state index contributed by atoms with van der Waals surface area (Å²) >= 11 is 6.37. The quantitative estimate of drug-likeness (QED) is 0.419. The van der Waals surface area contributed by atoms with Gasteiger partial charge in [0.05, 0.1) is 23.2 Å². The van der Waals surface area contributed by atoms with E-state index in [0.29, 0.717) is 32.9 Å². The first-order chi connectivity index (χ1) is 13.9. The largest absolute Gasteiger partial charge is 0.497 e. The van der Waals surface area contributed by atoms with Crippen LogP contribution in [-0.2, 0) is 10.0 Å². The van der Waals surface area contributed by atoms with Gasteiger partial charge in [0.15, 0.2) is 0 Å². The first-order valence-electron chi connectivity index (χ1n) is 8.88. The molecule has 1 heterocycles. The zero-order chi connectivity index (χ0) is 20.6. The highest BCUT2D eigenvalue weighted by atomic mass is 35.5. The SMILES string of the molecule is C=C(c1ccc(OC)cc1)c1cc2c(Cl)cccc2n1S(=O)(=O)c1ccccc1. The van der Waals surface area contributed by atoms with Gasteiger partial charge in [-0.1, -0.05) is 54.6 Å². The van der Waals surface area contributed by atoms with E-state index in [1.54, 1.807) is 61.7 Å². The highest BCUT2D eigenvalue weighted by molar-refractivity contribution is 7.90. The summed E-state index contributed by atoms with van der Waals surface area (Å²) in [4.78, 5) is 0.196. The van der Waals surface area contributed by atoms with Crippen LogP contribution < -0.4 is 4.74 Å². The summed E-state index contributed by atoms with van der Waals surface area (Å²) in [7, 11) is -2.27. The molecule has 3 aromatic carbocycles. The number of hydrogen-bond acceptors (Lipinski definition) is 3. The maximum atomic E-state index is 13.5. The van der Waals surface area contributed by atoms with Crippen LogP contribution in [0.5, 0.6) is 5.75 Å². The molecule has 0 amide bonds. The van der Waals surface area contributed by atoms with E-state index in [4.69, 9.17) is 16.3 Å². The van der Waals surface area contributed by atoms with E-state index >= 15 is 0 Å². The maximum absolute atomic E-state index is 13.5. The van der Waals surface area contributed by atoms with E-state index in [1.807, 2.05) is 24.3 Å². The van der Waals surface area contributed by atoms with E-state index in [9.17, 15) is 8.42 Å². The summed E-state index contributed by atoms with van der Waals surface area (Å²) in [6.45, 7) is 4.17. The maximum Gasteiger partial charge on any atom is 0.268 e. The third-order valence-electron chi connectivity index (χ3n) is 4.78. The molecule has 0 saturated carbocycles. The Balaban J connectivity index is 1.98. The fourth-order valence-electron chi connectivity index (χ4n) is 3.28. The summed E-state index contributed by atoms with van der Waals surface area (Å²) in [5, 5.41) is 1.13. The van der Waals surface area contributed by atoms with Gasteiger partial charge in [-0.2, -0.15) is 0 Å². The minimum Gasteiger partial charge on any atom is -0.497 e. The minimum absolute atomic E-state index is 0.196. The predicted molar refractivity (Wildman–Crippen MR) is 117 cm³/mol. The average molecular weight is 424 g/mol. The number of aromatic nitrogens is 1. The van der Waals surface area contributed by atoms with Gasteiger partial charge in [-0.15, -0.1) is 0 Å². The van der Waals surface area contributed by atoms with Crippen LogP contribution in [0.1, 0.15) is 11.3 Å². The number of halogens is 1. The second-order valence-corrected chi connectivity index (χ2v) is 8.69. The Morgan fingerprint density at radius 2 is 1.66 bits per heavy atom. The molecule has 0 radical (unpaired) electrons. The topological polar surface area (TPSA) is 48.3 Å². The first-order valence-corrected chi connectivity index (χ1v) is 10.7. The van der Waals surface area contributed by atoms with Gasteiger partial charge in [0.25, 0.3) is 10.0 Å². The van der Waals surface area contributed by atoms with Crippen molar-refractivity contribution in [1.82, 2.24) is 3.97 Å². The number of nitrogens with zero attached hydrogens (tertiary/aromatic N) is 1. The van der Waals surface area contributed by atoms with Gasteiger partial charge in [-0.3, -0.25) is 0 Å². The van der Waals surface area contributed by atoms with Crippen LogP contribution in [0.2, 0.25) is 5.02 Å². The van der Waals surface area contributed by atoms with Crippen molar-refractivity contribution in [3.8, 4) is 5.75 Å². The van der Waals surface area contributed by atoms with E-state index in [0.717, 1.165) is 5.56 Å². The fourth-order valence-corrected chi connectivity index (χ4v) is 5.05. The molecular weight excluding hydrogens is 406 g/mol. The van der Waals surface area contributed by atoms with Gasteiger partial charge >= 0.3 is 0 Å². The van der Waals surface area contributed by atoms with Crippen molar-refractivity contribution in [3.05, 3.63) is 102 Å². The van der Waals surface area contributed by atoms with Crippen molar-refractivity contribution in [1.29, 1.82) is 0 Å². The summed E-state index contributed by atoms with van der Waals surface area (Å²) in [5.41, 5.74) is 2.32. The van der Waals surface area contributed by atoms with Gasteiger partial charge < -0.3 is 4.74 Å². The van der Waals surface area contributed by atoms with Crippen LogP contribution in [0.15, 0.2) is 90.3 Å². The number of methoxy groups -OCH3 is 1. The Kier molecular flexibility index (Phi) is 4.94. The summed E-state index contributed by atoms with van der Waals surface area (Å²) in [6, 6.07) is 22.6. The third kappa shape index (κ3) is 3.33. The Morgan fingerprint density at radius 1 is 0.966 bits per heavy atom. The zero-order valence-electron chi connectivity index (χ0n) is 15.7. The number of rotatable bonds is 5. The van der Waals surface area contributed by atoms with Crippen molar-refractivity contribution in [3.63, 3.8) is 0 Å². The average Bonchev–Trinajstić information content (AvgIpc) is 3.16. The van der Waals surface area contributed by atoms with E-state index < -0.39 is 10.0 Å². The van der Waals surface area contributed by atoms with E-state index in [1.165, 1.54) is 3.97 Å². The van der Waals surface area contributed by atoms with Gasteiger partial charge in [0.1, 0.15) is 5.75 Å².